The molecule has 1 fully saturated rings. The number of halogens is 1. The number of carbonyl (C=O) groups excluding carboxylic acids is 1. The number of aryl methyl sites for hydroxylation is 1. The van der Waals surface area contributed by atoms with Gasteiger partial charge in [-0.25, -0.2) is 4.39 Å². The van der Waals surface area contributed by atoms with Crippen LogP contribution in [0.5, 0.6) is 0 Å². The van der Waals surface area contributed by atoms with Crippen molar-refractivity contribution in [3.05, 3.63) is 60.5 Å². The van der Waals surface area contributed by atoms with Crippen LogP contribution in [0, 0.1) is 5.82 Å². The number of pyridine rings is 1. The number of aromatic nitrogens is 3. The van der Waals surface area contributed by atoms with Crippen LogP contribution in [0.2, 0.25) is 0 Å². The summed E-state index contributed by atoms with van der Waals surface area (Å²) in [6, 6.07) is 10.4. The summed E-state index contributed by atoms with van der Waals surface area (Å²) in [5.41, 5.74) is 1.36. The quantitative estimate of drug-likeness (QED) is 0.676. The van der Waals surface area contributed by atoms with Crippen LogP contribution in [0.3, 0.4) is 0 Å². The summed E-state index contributed by atoms with van der Waals surface area (Å²) in [5, 5.41) is 3.94. The summed E-state index contributed by atoms with van der Waals surface area (Å²) in [6.45, 7) is 2.35. The van der Waals surface area contributed by atoms with E-state index in [1.807, 2.05) is 17.0 Å². The van der Waals surface area contributed by atoms with Crippen molar-refractivity contribution in [1.82, 2.24) is 20.0 Å². The van der Waals surface area contributed by atoms with Crippen LogP contribution >= 0.6 is 0 Å². The number of piperazine rings is 1. The third-order valence-corrected chi connectivity index (χ3v) is 4.77. The molecule has 0 N–H and O–H groups in total. The van der Waals surface area contributed by atoms with E-state index >= 15 is 0 Å². The van der Waals surface area contributed by atoms with Gasteiger partial charge in [-0.1, -0.05) is 17.3 Å². The first-order valence-electron chi connectivity index (χ1n) is 9.21. The maximum Gasteiger partial charge on any atom is 0.227 e. The molecule has 1 amide bonds. The summed E-state index contributed by atoms with van der Waals surface area (Å²) < 4.78 is 19.1. The first-order chi connectivity index (χ1) is 13.7. The van der Waals surface area contributed by atoms with Crippen molar-refractivity contribution in [2.45, 2.75) is 12.8 Å². The zero-order chi connectivity index (χ0) is 19.3. The molecule has 144 valence electrons. The maximum atomic E-state index is 13.9. The minimum Gasteiger partial charge on any atom is -0.366 e. The summed E-state index contributed by atoms with van der Waals surface area (Å²) in [6.07, 6.45) is 4.03. The van der Waals surface area contributed by atoms with E-state index in [0.717, 1.165) is 5.56 Å². The number of rotatable bonds is 5. The van der Waals surface area contributed by atoms with Gasteiger partial charge in [-0.15, -0.1) is 0 Å². The molecule has 0 bridgehead atoms. The zero-order valence-electron chi connectivity index (χ0n) is 15.3. The lowest BCUT2D eigenvalue weighted by molar-refractivity contribution is -0.131. The number of anilines is 1. The first-order valence-corrected chi connectivity index (χ1v) is 9.21. The first kappa shape index (κ1) is 18.1. The summed E-state index contributed by atoms with van der Waals surface area (Å²) in [7, 11) is 0. The number of hydrogen-bond donors (Lipinski definition) is 0. The van der Waals surface area contributed by atoms with Crippen LogP contribution in [0.4, 0.5) is 10.1 Å². The highest BCUT2D eigenvalue weighted by molar-refractivity contribution is 5.76. The second-order valence-electron chi connectivity index (χ2n) is 6.57. The molecule has 1 aliphatic heterocycles. The van der Waals surface area contributed by atoms with E-state index in [1.165, 1.54) is 6.07 Å². The second kappa shape index (κ2) is 8.16. The van der Waals surface area contributed by atoms with Crippen LogP contribution in [0.25, 0.3) is 11.4 Å². The fraction of sp³-hybridized carbons (Fsp3) is 0.300. The topological polar surface area (TPSA) is 75.4 Å². The van der Waals surface area contributed by atoms with Gasteiger partial charge in [0.15, 0.2) is 0 Å². The lowest BCUT2D eigenvalue weighted by Crippen LogP contribution is -2.49. The van der Waals surface area contributed by atoms with Gasteiger partial charge in [-0.05, 0) is 24.3 Å². The minimum atomic E-state index is -0.233. The van der Waals surface area contributed by atoms with Crippen LogP contribution in [-0.2, 0) is 11.2 Å². The summed E-state index contributed by atoms with van der Waals surface area (Å²) >= 11 is 0. The highest BCUT2D eigenvalue weighted by Crippen LogP contribution is 2.20. The molecule has 3 aromatic rings. The van der Waals surface area contributed by atoms with Crippen molar-refractivity contribution in [3.63, 3.8) is 0 Å². The van der Waals surface area contributed by atoms with Gasteiger partial charge in [0.2, 0.25) is 17.6 Å². The lowest BCUT2D eigenvalue weighted by atomic mass is 10.2. The molecule has 1 aliphatic rings. The molecule has 2 aromatic heterocycles. The fourth-order valence-corrected chi connectivity index (χ4v) is 3.25. The monoisotopic (exact) mass is 381 g/mol. The third-order valence-electron chi connectivity index (χ3n) is 4.77. The van der Waals surface area contributed by atoms with Crippen LogP contribution < -0.4 is 4.90 Å². The highest BCUT2D eigenvalue weighted by Gasteiger charge is 2.23. The SMILES string of the molecule is O=C(CCc1nc(-c2cccnc2)no1)N1CCN(c2ccccc2F)CC1. The highest BCUT2D eigenvalue weighted by atomic mass is 19.1. The predicted molar refractivity (Wildman–Crippen MR) is 101 cm³/mol. The molecule has 0 saturated carbocycles. The van der Waals surface area contributed by atoms with Crippen molar-refractivity contribution in [3.8, 4) is 11.4 Å². The van der Waals surface area contributed by atoms with E-state index in [2.05, 4.69) is 15.1 Å². The van der Waals surface area contributed by atoms with Gasteiger partial charge in [-0.3, -0.25) is 9.78 Å². The van der Waals surface area contributed by atoms with E-state index in [1.54, 1.807) is 35.5 Å². The molecular weight excluding hydrogens is 361 g/mol. The molecule has 1 saturated heterocycles. The van der Waals surface area contributed by atoms with Gasteiger partial charge in [-0.2, -0.15) is 4.98 Å². The summed E-state index contributed by atoms with van der Waals surface area (Å²) in [5.74, 6) is 0.698. The largest absolute Gasteiger partial charge is 0.366 e. The molecule has 28 heavy (non-hydrogen) atoms. The predicted octanol–water partition coefficient (Wildman–Crippen LogP) is 2.55. The molecule has 0 aliphatic carbocycles. The Morgan fingerprint density at radius 3 is 2.68 bits per heavy atom. The summed E-state index contributed by atoms with van der Waals surface area (Å²) in [4.78, 5) is 24.6. The number of benzene rings is 1. The number of para-hydroxylation sites is 1. The zero-order valence-corrected chi connectivity index (χ0v) is 15.3. The smallest absolute Gasteiger partial charge is 0.227 e. The molecular formula is C20H20FN5O2. The average molecular weight is 381 g/mol. The van der Waals surface area contributed by atoms with Gasteiger partial charge < -0.3 is 14.3 Å². The van der Waals surface area contributed by atoms with Gasteiger partial charge in [0, 0.05) is 57.0 Å². The van der Waals surface area contributed by atoms with Gasteiger partial charge >= 0.3 is 0 Å². The second-order valence-corrected chi connectivity index (χ2v) is 6.57. The average Bonchev–Trinajstić information content (AvgIpc) is 3.22. The van der Waals surface area contributed by atoms with E-state index in [0.29, 0.717) is 56.4 Å². The Morgan fingerprint density at radius 2 is 1.93 bits per heavy atom. The van der Waals surface area contributed by atoms with Crippen molar-refractivity contribution in [2.75, 3.05) is 31.1 Å². The van der Waals surface area contributed by atoms with E-state index in [9.17, 15) is 9.18 Å². The number of carbonyl (C=O) groups is 1. The molecule has 0 unspecified atom stereocenters. The number of nitrogens with zero attached hydrogens (tertiary/aromatic N) is 5. The molecule has 1 aromatic carbocycles. The number of amides is 1. The molecule has 4 rings (SSSR count). The van der Waals surface area contributed by atoms with Crippen LogP contribution in [0.1, 0.15) is 12.3 Å². The van der Waals surface area contributed by atoms with Gasteiger partial charge in [0.05, 0.1) is 5.69 Å². The van der Waals surface area contributed by atoms with Gasteiger partial charge in [0.1, 0.15) is 5.82 Å². The fourth-order valence-electron chi connectivity index (χ4n) is 3.25. The van der Waals surface area contributed by atoms with Crippen molar-refractivity contribution >= 4 is 11.6 Å². The molecule has 0 atom stereocenters. The molecule has 0 spiro atoms. The van der Waals surface area contributed by atoms with Gasteiger partial charge in [0.25, 0.3) is 0 Å². The Morgan fingerprint density at radius 1 is 1.11 bits per heavy atom. The van der Waals surface area contributed by atoms with Crippen molar-refractivity contribution in [1.29, 1.82) is 0 Å². The Kier molecular flexibility index (Phi) is 5.27. The van der Waals surface area contributed by atoms with E-state index in [-0.39, 0.29) is 11.7 Å². The van der Waals surface area contributed by atoms with E-state index in [4.69, 9.17) is 4.52 Å². The molecule has 3 heterocycles. The minimum absolute atomic E-state index is 0.0364. The Hall–Kier alpha value is -3.29. The number of hydrogen-bond acceptors (Lipinski definition) is 6. The third kappa shape index (κ3) is 4.00. The Balaban J connectivity index is 1.28. The molecule has 8 heteroatoms. The Bertz CT molecular complexity index is 939. The Labute approximate surface area is 161 Å². The van der Waals surface area contributed by atoms with Crippen molar-refractivity contribution in [2.24, 2.45) is 0 Å². The standard InChI is InChI=1S/C20H20FN5O2/c21-16-5-1-2-6-17(16)25-10-12-26(13-11-25)19(27)8-7-18-23-20(24-28-18)15-4-3-9-22-14-15/h1-6,9,14H,7-8,10-13H2. The maximum absolute atomic E-state index is 13.9. The normalized spacial score (nSPS) is 14.3. The molecule has 7 nitrogen and oxygen atoms in total. The molecule has 0 radical (unpaired) electrons. The van der Waals surface area contributed by atoms with E-state index < -0.39 is 0 Å². The van der Waals surface area contributed by atoms with Crippen LogP contribution in [-0.4, -0.2) is 52.1 Å². The lowest BCUT2D eigenvalue weighted by Gasteiger charge is -2.36. The van der Waals surface area contributed by atoms with Crippen molar-refractivity contribution < 1.29 is 13.7 Å². The van der Waals surface area contributed by atoms with Crippen LogP contribution in [0.15, 0.2) is 53.3 Å².